The van der Waals surface area contributed by atoms with Gasteiger partial charge >= 0.3 is 0 Å². The third kappa shape index (κ3) is 4.16. The largest absolute Gasteiger partial charge is 0.375 e. The molecule has 4 nitrogen and oxygen atoms in total. The van der Waals surface area contributed by atoms with Crippen molar-refractivity contribution in [2.24, 2.45) is 0 Å². The van der Waals surface area contributed by atoms with E-state index in [-0.39, 0.29) is 12.2 Å². The van der Waals surface area contributed by atoms with E-state index in [1.807, 2.05) is 71.0 Å². The quantitative estimate of drug-likeness (QED) is 0.432. The molecule has 0 saturated heterocycles. The summed E-state index contributed by atoms with van der Waals surface area (Å²) < 4.78 is 0.746. The molecule has 0 bridgehead atoms. The van der Waals surface area contributed by atoms with Gasteiger partial charge in [0.2, 0.25) is 0 Å². The van der Waals surface area contributed by atoms with Gasteiger partial charge in [-0.1, -0.05) is 45.8 Å². The van der Waals surface area contributed by atoms with Crippen LogP contribution in [0, 0.1) is 34.6 Å². The second-order valence-corrected chi connectivity index (χ2v) is 10.1. The smallest absolute Gasteiger partial charge is 0.264 e. The zero-order valence-corrected chi connectivity index (χ0v) is 21.2. The Morgan fingerprint density at radius 1 is 0.909 bits per heavy atom. The molecule has 170 valence electrons. The third-order valence-electron chi connectivity index (χ3n) is 6.68. The van der Waals surface area contributed by atoms with Gasteiger partial charge in [0.1, 0.15) is 0 Å². The van der Waals surface area contributed by atoms with Crippen LogP contribution in [0.3, 0.4) is 0 Å². The first kappa shape index (κ1) is 23.4. The van der Waals surface area contributed by atoms with E-state index in [0.717, 1.165) is 37.9 Å². The summed E-state index contributed by atoms with van der Waals surface area (Å²) >= 11 is 3.46. The summed E-state index contributed by atoms with van der Waals surface area (Å²) in [4.78, 5) is 28.6. The Labute approximate surface area is 203 Å². The number of amides is 1. The molecule has 1 N–H and O–H groups in total. The number of benzene rings is 3. The minimum absolute atomic E-state index is 0.244. The van der Waals surface area contributed by atoms with Crippen molar-refractivity contribution in [3.63, 3.8) is 0 Å². The summed E-state index contributed by atoms with van der Waals surface area (Å²) in [7, 11) is 0. The highest BCUT2D eigenvalue weighted by Gasteiger charge is 2.51. The maximum atomic E-state index is 13.7. The zero-order chi connectivity index (χ0) is 24.1. The number of ketones is 1. The summed E-state index contributed by atoms with van der Waals surface area (Å²) in [6, 6.07) is 15.4. The molecule has 1 atom stereocenters. The Kier molecular flexibility index (Phi) is 6.06. The normalized spacial score (nSPS) is 17.4. The first-order valence-corrected chi connectivity index (χ1v) is 11.8. The number of aliphatic hydroxyl groups is 1. The van der Waals surface area contributed by atoms with E-state index in [1.54, 1.807) is 11.0 Å². The van der Waals surface area contributed by atoms with Gasteiger partial charge in [-0.25, -0.2) is 0 Å². The van der Waals surface area contributed by atoms with Crippen LogP contribution < -0.4 is 4.90 Å². The highest BCUT2D eigenvalue weighted by molar-refractivity contribution is 9.10. The fourth-order valence-electron chi connectivity index (χ4n) is 4.58. The van der Waals surface area contributed by atoms with Crippen LogP contribution >= 0.6 is 15.9 Å². The highest BCUT2D eigenvalue weighted by atomic mass is 79.9. The van der Waals surface area contributed by atoms with Crippen molar-refractivity contribution in [1.29, 1.82) is 0 Å². The monoisotopic (exact) mass is 505 g/mol. The molecule has 5 heteroatoms. The molecule has 3 aromatic carbocycles. The second-order valence-electron chi connectivity index (χ2n) is 9.19. The lowest BCUT2D eigenvalue weighted by Gasteiger charge is -2.24. The Morgan fingerprint density at radius 2 is 1.61 bits per heavy atom. The van der Waals surface area contributed by atoms with E-state index in [4.69, 9.17) is 0 Å². The van der Waals surface area contributed by atoms with Gasteiger partial charge < -0.3 is 10.0 Å². The van der Waals surface area contributed by atoms with Gasteiger partial charge in [-0.3, -0.25) is 9.59 Å². The molecule has 1 heterocycles. The van der Waals surface area contributed by atoms with Crippen molar-refractivity contribution < 1.29 is 14.7 Å². The number of carbonyl (C=O) groups is 2. The van der Waals surface area contributed by atoms with Gasteiger partial charge in [-0.05, 0) is 86.7 Å². The van der Waals surface area contributed by atoms with Gasteiger partial charge in [-0.15, -0.1) is 0 Å². The molecule has 1 aliphatic heterocycles. The van der Waals surface area contributed by atoms with Crippen molar-refractivity contribution in [3.8, 4) is 0 Å². The first-order chi connectivity index (χ1) is 15.5. The van der Waals surface area contributed by atoms with E-state index in [1.165, 1.54) is 0 Å². The number of hydrogen-bond donors (Lipinski definition) is 1. The van der Waals surface area contributed by atoms with Crippen LogP contribution in [0.5, 0.6) is 0 Å². The number of halogens is 1. The molecule has 4 rings (SSSR count). The van der Waals surface area contributed by atoms with Gasteiger partial charge in [0.15, 0.2) is 11.4 Å². The molecule has 0 aromatic heterocycles. The van der Waals surface area contributed by atoms with E-state index in [2.05, 4.69) is 22.0 Å². The SMILES string of the molecule is Cc1ccc(C)c(CN2C(=O)[C@](O)(CC(=O)c3cc(C)c(C)cc3C)c3cc(Br)ccc32)c1. The summed E-state index contributed by atoms with van der Waals surface area (Å²) in [6.07, 6.45) is -0.304. The maximum Gasteiger partial charge on any atom is 0.264 e. The van der Waals surface area contributed by atoms with Crippen molar-refractivity contribution in [3.05, 3.63) is 97.5 Å². The van der Waals surface area contributed by atoms with Crippen LogP contribution in [0.15, 0.2) is 53.0 Å². The number of fused-ring (bicyclic) bond motifs is 1. The molecule has 33 heavy (non-hydrogen) atoms. The maximum absolute atomic E-state index is 13.7. The molecule has 0 saturated carbocycles. The van der Waals surface area contributed by atoms with E-state index < -0.39 is 11.5 Å². The molecule has 0 fully saturated rings. The number of nitrogens with zero attached hydrogens (tertiary/aromatic N) is 1. The number of aryl methyl sites for hydroxylation is 5. The van der Waals surface area contributed by atoms with Crippen LogP contribution in [-0.2, 0) is 16.9 Å². The molecule has 1 amide bonds. The molecule has 0 radical (unpaired) electrons. The van der Waals surface area contributed by atoms with Crippen molar-refractivity contribution in [1.82, 2.24) is 0 Å². The highest BCUT2D eigenvalue weighted by Crippen LogP contribution is 2.45. The van der Waals surface area contributed by atoms with Gasteiger partial charge in [0.05, 0.1) is 18.7 Å². The molecule has 3 aromatic rings. The number of Topliss-reactive ketones (excluding diaryl/α,β-unsaturated/α-hetero) is 1. The zero-order valence-electron chi connectivity index (χ0n) is 19.6. The van der Waals surface area contributed by atoms with Crippen LogP contribution in [-0.4, -0.2) is 16.8 Å². The number of anilines is 1. The Hall–Kier alpha value is -2.76. The minimum Gasteiger partial charge on any atom is -0.375 e. The Bertz CT molecular complexity index is 1300. The molecule has 0 aliphatic carbocycles. The van der Waals surface area contributed by atoms with Gasteiger partial charge in [0, 0.05) is 15.6 Å². The lowest BCUT2D eigenvalue weighted by atomic mass is 9.86. The lowest BCUT2D eigenvalue weighted by Crippen LogP contribution is -2.41. The van der Waals surface area contributed by atoms with Crippen LogP contribution in [0.1, 0.15) is 55.7 Å². The molecular formula is C28H28BrNO3. The standard InChI is InChI=1S/C28H28BrNO3/c1-16-6-7-17(2)21(10-16)15-30-25-9-8-22(29)13-24(25)28(33,27(30)32)14-26(31)23-12-19(4)18(3)11-20(23)5/h6-13,33H,14-15H2,1-5H3/t28-/m0/s1. The van der Waals surface area contributed by atoms with E-state index >= 15 is 0 Å². The van der Waals surface area contributed by atoms with Crippen LogP contribution in [0.25, 0.3) is 0 Å². The number of hydrogen-bond acceptors (Lipinski definition) is 3. The van der Waals surface area contributed by atoms with Crippen molar-refractivity contribution >= 4 is 33.3 Å². The molecule has 1 aliphatic rings. The summed E-state index contributed by atoms with van der Waals surface area (Å²) in [5, 5.41) is 11.7. The van der Waals surface area contributed by atoms with E-state index in [0.29, 0.717) is 23.4 Å². The minimum atomic E-state index is -1.92. The van der Waals surface area contributed by atoms with Crippen molar-refractivity contribution in [2.75, 3.05) is 4.90 Å². The number of carbonyl (C=O) groups excluding carboxylic acids is 2. The number of rotatable bonds is 5. The summed E-state index contributed by atoms with van der Waals surface area (Å²) in [5.41, 5.74) is 5.87. The lowest BCUT2D eigenvalue weighted by molar-refractivity contribution is -0.136. The topological polar surface area (TPSA) is 57.6 Å². The fourth-order valence-corrected chi connectivity index (χ4v) is 4.94. The first-order valence-electron chi connectivity index (χ1n) is 11.0. The molecule has 0 unspecified atom stereocenters. The average Bonchev–Trinajstić information content (AvgIpc) is 2.94. The van der Waals surface area contributed by atoms with Gasteiger partial charge in [0.25, 0.3) is 5.91 Å². The molecule has 0 spiro atoms. The summed E-state index contributed by atoms with van der Waals surface area (Å²) in [5.74, 6) is -0.711. The molecular weight excluding hydrogens is 478 g/mol. The predicted octanol–water partition coefficient (Wildman–Crippen LogP) is 6.00. The van der Waals surface area contributed by atoms with Crippen molar-refractivity contribution in [2.45, 2.75) is 53.2 Å². The fraction of sp³-hybridized carbons (Fsp3) is 0.286. The Balaban J connectivity index is 1.75. The Morgan fingerprint density at radius 3 is 2.33 bits per heavy atom. The third-order valence-corrected chi connectivity index (χ3v) is 7.18. The second kappa shape index (κ2) is 8.54. The van der Waals surface area contributed by atoms with Crippen LogP contribution in [0.4, 0.5) is 5.69 Å². The average molecular weight is 506 g/mol. The predicted molar refractivity (Wildman–Crippen MR) is 135 cm³/mol. The van der Waals surface area contributed by atoms with Crippen LogP contribution in [0.2, 0.25) is 0 Å². The van der Waals surface area contributed by atoms with E-state index in [9.17, 15) is 14.7 Å². The summed E-state index contributed by atoms with van der Waals surface area (Å²) in [6.45, 7) is 10.2. The van der Waals surface area contributed by atoms with Gasteiger partial charge in [-0.2, -0.15) is 0 Å².